The van der Waals surface area contributed by atoms with E-state index in [0.29, 0.717) is 22.6 Å². The molecule has 0 bridgehead atoms. The molecule has 4 aromatic carbocycles. The molecule has 0 saturated heterocycles. The number of ether oxygens (including phenoxy) is 2. The molecule has 0 heterocycles. The highest BCUT2D eigenvalue weighted by Gasteiger charge is 2.16. The topological polar surface area (TPSA) is 88.4 Å². The van der Waals surface area contributed by atoms with Gasteiger partial charge in [-0.2, -0.15) is 5.26 Å². The van der Waals surface area contributed by atoms with Gasteiger partial charge < -0.3 is 14.8 Å². The van der Waals surface area contributed by atoms with Crippen molar-refractivity contribution in [2.45, 2.75) is 0 Å². The van der Waals surface area contributed by atoms with Crippen LogP contribution in [0.2, 0.25) is 0 Å². The van der Waals surface area contributed by atoms with Gasteiger partial charge in [0.05, 0.1) is 12.7 Å². The van der Waals surface area contributed by atoms with Gasteiger partial charge in [0, 0.05) is 9.26 Å². The highest BCUT2D eigenvalue weighted by molar-refractivity contribution is 14.1. The number of benzene rings is 4. The maximum absolute atomic E-state index is 12.9. The summed E-state index contributed by atoms with van der Waals surface area (Å²) >= 11 is 2.17. The molecule has 0 fully saturated rings. The van der Waals surface area contributed by atoms with Crippen molar-refractivity contribution >= 4 is 57.0 Å². The molecule has 0 saturated carbocycles. The van der Waals surface area contributed by atoms with Gasteiger partial charge in [0.2, 0.25) is 0 Å². The number of methoxy groups -OCH3 is 1. The lowest BCUT2D eigenvalue weighted by Crippen LogP contribution is -2.13. The Morgan fingerprint density at radius 3 is 2.43 bits per heavy atom. The summed E-state index contributed by atoms with van der Waals surface area (Å²) in [5, 5.41) is 13.9. The first kappa shape index (κ1) is 24.0. The van der Waals surface area contributed by atoms with E-state index < -0.39 is 11.9 Å². The Balaban J connectivity index is 1.56. The van der Waals surface area contributed by atoms with Crippen LogP contribution in [0.3, 0.4) is 0 Å². The molecule has 0 atom stereocenters. The second-order valence-corrected chi connectivity index (χ2v) is 8.70. The summed E-state index contributed by atoms with van der Waals surface area (Å²) in [6.45, 7) is 0. The number of rotatable bonds is 6. The number of nitriles is 1. The number of halogens is 1. The van der Waals surface area contributed by atoms with Gasteiger partial charge in [-0.05, 0) is 87.5 Å². The molecule has 1 N–H and O–H groups in total. The highest BCUT2D eigenvalue weighted by atomic mass is 127. The van der Waals surface area contributed by atoms with Crippen molar-refractivity contribution in [2.24, 2.45) is 0 Å². The molecule has 0 spiro atoms. The van der Waals surface area contributed by atoms with Gasteiger partial charge in [0.1, 0.15) is 11.6 Å². The van der Waals surface area contributed by atoms with E-state index >= 15 is 0 Å². The van der Waals surface area contributed by atoms with Gasteiger partial charge in [0.15, 0.2) is 11.5 Å². The smallest absolute Gasteiger partial charge is 0.344 e. The van der Waals surface area contributed by atoms with Crippen molar-refractivity contribution < 1.29 is 19.1 Å². The molecule has 0 aromatic heterocycles. The number of carbonyl (C=O) groups is 2. The number of carbonyl (C=O) groups excluding carboxylic acids is 2. The fourth-order valence-electron chi connectivity index (χ4n) is 3.46. The fraction of sp³-hybridized carbons (Fsp3) is 0.0357. The minimum Gasteiger partial charge on any atom is -0.493 e. The maximum atomic E-state index is 12.9. The van der Waals surface area contributed by atoms with E-state index in [1.807, 2.05) is 48.5 Å². The quantitative estimate of drug-likeness (QED) is 0.0972. The Labute approximate surface area is 215 Å². The third-order valence-electron chi connectivity index (χ3n) is 5.18. The molecule has 6 nitrogen and oxygen atoms in total. The number of hydrogen-bond donors (Lipinski definition) is 1. The predicted molar refractivity (Wildman–Crippen MR) is 143 cm³/mol. The van der Waals surface area contributed by atoms with Crippen molar-refractivity contribution in [1.82, 2.24) is 0 Å². The van der Waals surface area contributed by atoms with Crippen molar-refractivity contribution in [1.29, 1.82) is 5.26 Å². The zero-order valence-corrected chi connectivity index (χ0v) is 20.8. The van der Waals surface area contributed by atoms with Crippen LogP contribution in [0, 0.1) is 14.9 Å². The third-order valence-corrected chi connectivity index (χ3v) is 5.90. The lowest BCUT2D eigenvalue weighted by Gasteiger charge is -2.11. The van der Waals surface area contributed by atoms with E-state index in [1.54, 1.807) is 42.5 Å². The van der Waals surface area contributed by atoms with Crippen LogP contribution in [0.25, 0.3) is 16.8 Å². The number of hydrogen-bond acceptors (Lipinski definition) is 5. The van der Waals surface area contributed by atoms with E-state index in [1.165, 1.54) is 13.2 Å². The van der Waals surface area contributed by atoms with Crippen LogP contribution in [0.1, 0.15) is 15.9 Å². The Morgan fingerprint density at radius 2 is 1.69 bits per heavy atom. The van der Waals surface area contributed by atoms with Gasteiger partial charge in [-0.1, -0.05) is 42.5 Å². The fourth-order valence-corrected chi connectivity index (χ4v) is 3.82. The second-order valence-electron chi connectivity index (χ2n) is 7.46. The zero-order chi connectivity index (χ0) is 24.8. The molecule has 4 aromatic rings. The first-order valence-corrected chi connectivity index (χ1v) is 11.6. The first-order valence-electron chi connectivity index (χ1n) is 10.5. The molecular weight excluding hydrogens is 555 g/mol. The van der Waals surface area contributed by atoms with E-state index in [0.717, 1.165) is 14.3 Å². The largest absolute Gasteiger partial charge is 0.493 e. The number of amides is 1. The van der Waals surface area contributed by atoms with Gasteiger partial charge in [0.25, 0.3) is 5.91 Å². The Morgan fingerprint density at radius 1 is 0.943 bits per heavy atom. The molecule has 0 aliphatic carbocycles. The summed E-state index contributed by atoms with van der Waals surface area (Å²) in [6.07, 6.45) is 1.45. The zero-order valence-electron chi connectivity index (χ0n) is 18.6. The van der Waals surface area contributed by atoms with Crippen molar-refractivity contribution in [3.63, 3.8) is 0 Å². The van der Waals surface area contributed by atoms with Crippen LogP contribution in [0.15, 0.2) is 90.5 Å². The number of anilines is 1. The molecule has 35 heavy (non-hydrogen) atoms. The van der Waals surface area contributed by atoms with Crippen LogP contribution < -0.4 is 14.8 Å². The number of nitrogens with zero attached hydrogens (tertiary/aromatic N) is 1. The van der Waals surface area contributed by atoms with Crippen molar-refractivity contribution in [2.75, 3.05) is 12.4 Å². The van der Waals surface area contributed by atoms with Gasteiger partial charge in [-0.25, -0.2) is 4.79 Å². The van der Waals surface area contributed by atoms with Crippen LogP contribution in [0.4, 0.5) is 5.69 Å². The van der Waals surface area contributed by atoms with Crippen LogP contribution in [0.5, 0.6) is 11.5 Å². The summed E-state index contributed by atoms with van der Waals surface area (Å²) < 4.78 is 12.1. The lowest BCUT2D eigenvalue weighted by atomic mass is 10.0. The van der Waals surface area contributed by atoms with Crippen molar-refractivity contribution in [3.05, 3.63) is 105 Å². The number of fused-ring (bicyclic) bond motifs is 1. The van der Waals surface area contributed by atoms with Gasteiger partial charge in [-0.15, -0.1) is 0 Å². The maximum Gasteiger partial charge on any atom is 0.344 e. The molecule has 7 heteroatoms. The van der Waals surface area contributed by atoms with E-state index in [-0.39, 0.29) is 11.3 Å². The summed E-state index contributed by atoms with van der Waals surface area (Å²) in [7, 11) is 1.45. The molecule has 0 aliphatic heterocycles. The van der Waals surface area contributed by atoms with Gasteiger partial charge >= 0.3 is 5.97 Å². The molecule has 4 rings (SSSR count). The molecule has 1 amide bonds. The van der Waals surface area contributed by atoms with E-state index in [2.05, 4.69) is 27.9 Å². The molecule has 0 unspecified atom stereocenters. The summed E-state index contributed by atoms with van der Waals surface area (Å²) in [6, 6.07) is 27.0. The normalized spacial score (nSPS) is 10.9. The Kier molecular flexibility index (Phi) is 7.43. The van der Waals surface area contributed by atoms with Crippen LogP contribution in [-0.2, 0) is 4.79 Å². The van der Waals surface area contributed by atoms with Crippen molar-refractivity contribution in [3.8, 4) is 17.6 Å². The average molecular weight is 574 g/mol. The highest BCUT2D eigenvalue weighted by Crippen LogP contribution is 2.30. The monoisotopic (exact) mass is 574 g/mol. The summed E-state index contributed by atoms with van der Waals surface area (Å²) in [5.74, 6) is -0.524. The van der Waals surface area contributed by atoms with E-state index in [9.17, 15) is 14.9 Å². The molecule has 0 radical (unpaired) electrons. The molecular formula is C28H19IN2O4. The number of esters is 1. The lowest BCUT2D eigenvalue weighted by molar-refractivity contribution is -0.112. The molecule has 172 valence electrons. The summed E-state index contributed by atoms with van der Waals surface area (Å²) in [4.78, 5) is 25.5. The first-order chi connectivity index (χ1) is 17.0. The SMILES string of the molecule is COc1cc(/C=C(\C#N)C(=O)Nc2ccc(I)cc2)ccc1OC(=O)c1cccc2ccccc12. The van der Waals surface area contributed by atoms with Crippen LogP contribution >= 0.6 is 22.6 Å². The minimum atomic E-state index is -0.529. The summed E-state index contributed by atoms with van der Waals surface area (Å²) in [5.41, 5.74) is 1.49. The van der Waals surface area contributed by atoms with Gasteiger partial charge in [-0.3, -0.25) is 4.79 Å². The standard InChI is InChI=1S/C28H19IN2O4/c1-34-26-16-18(15-20(17-30)27(32)31-22-12-10-21(29)11-13-22)9-14-25(26)35-28(33)24-8-4-6-19-5-2-3-7-23(19)24/h2-16H,1H3,(H,31,32)/b20-15+. The number of nitrogens with one attached hydrogen (secondary N) is 1. The Bertz CT molecular complexity index is 1480. The average Bonchev–Trinajstić information content (AvgIpc) is 2.88. The third kappa shape index (κ3) is 5.67. The molecule has 0 aliphatic rings. The van der Waals surface area contributed by atoms with Crippen LogP contribution in [-0.4, -0.2) is 19.0 Å². The van der Waals surface area contributed by atoms with E-state index in [4.69, 9.17) is 9.47 Å². The second kappa shape index (κ2) is 10.8. The Hall–Kier alpha value is -4.16. The minimum absolute atomic E-state index is 0.0777. The predicted octanol–water partition coefficient (Wildman–Crippen LogP) is 6.22.